The lowest BCUT2D eigenvalue weighted by Crippen LogP contribution is -2.12. The van der Waals surface area contributed by atoms with Crippen molar-refractivity contribution in [2.75, 3.05) is 6.54 Å². The molecule has 76 valence electrons. The van der Waals surface area contributed by atoms with Gasteiger partial charge in [0.25, 0.3) is 0 Å². The first-order valence-corrected chi connectivity index (χ1v) is 5.36. The summed E-state index contributed by atoms with van der Waals surface area (Å²) in [6, 6.07) is 8.33. The van der Waals surface area contributed by atoms with Crippen molar-refractivity contribution in [2.45, 2.75) is 19.3 Å². The summed E-state index contributed by atoms with van der Waals surface area (Å²) in [6.07, 6.45) is 4.15. The maximum Gasteiger partial charge on any atom is 0.0474 e. The summed E-state index contributed by atoms with van der Waals surface area (Å²) in [5.41, 5.74) is 2.46. The van der Waals surface area contributed by atoms with Gasteiger partial charge >= 0.3 is 0 Å². The van der Waals surface area contributed by atoms with Gasteiger partial charge in [-0.15, -0.1) is 11.6 Å². The van der Waals surface area contributed by atoms with Crippen molar-refractivity contribution in [3.8, 4) is 0 Å². The van der Waals surface area contributed by atoms with Crippen LogP contribution >= 0.6 is 11.6 Å². The Kier molecular flexibility index (Phi) is 5.35. The molecule has 0 aliphatic heterocycles. The largest absolute Gasteiger partial charge is 0.309 e. The Balaban J connectivity index is 2.42. The van der Waals surface area contributed by atoms with Crippen molar-refractivity contribution in [1.82, 2.24) is 5.32 Å². The SMILES string of the molecule is C/C=C/CNCc1cccc(CCl)c1. The number of hydrogen-bond acceptors (Lipinski definition) is 1. The first-order valence-electron chi connectivity index (χ1n) is 4.82. The minimum atomic E-state index is 0.586. The normalized spacial score (nSPS) is 11.0. The fourth-order valence-electron chi connectivity index (χ4n) is 1.24. The van der Waals surface area contributed by atoms with Crippen LogP contribution in [0.3, 0.4) is 0 Å². The van der Waals surface area contributed by atoms with E-state index in [0.29, 0.717) is 5.88 Å². The van der Waals surface area contributed by atoms with E-state index < -0.39 is 0 Å². The zero-order chi connectivity index (χ0) is 10.2. The molecule has 0 heterocycles. The minimum Gasteiger partial charge on any atom is -0.309 e. The van der Waals surface area contributed by atoms with E-state index in [2.05, 4.69) is 23.5 Å². The van der Waals surface area contributed by atoms with Gasteiger partial charge in [0.1, 0.15) is 0 Å². The Morgan fingerprint density at radius 1 is 1.36 bits per heavy atom. The van der Waals surface area contributed by atoms with Crippen LogP contribution in [0.2, 0.25) is 0 Å². The van der Waals surface area contributed by atoms with Gasteiger partial charge in [-0.3, -0.25) is 0 Å². The molecule has 0 aliphatic rings. The van der Waals surface area contributed by atoms with Crippen LogP contribution in [-0.2, 0) is 12.4 Å². The fourth-order valence-corrected chi connectivity index (χ4v) is 1.41. The summed E-state index contributed by atoms with van der Waals surface area (Å²) in [5, 5.41) is 3.32. The van der Waals surface area contributed by atoms with Gasteiger partial charge in [0.05, 0.1) is 0 Å². The molecule has 0 aliphatic carbocycles. The van der Waals surface area contributed by atoms with Crippen LogP contribution in [-0.4, -0.2) is 6.54 Å². The van der Waals surface area contributed by atoms with Gasteiger partial charge in [-0.2, -0.15) is 0 Å². The number of rotatable bonds is 5. The Labute approximate surface area is 90.8 Å². The summed E-state index contributed by atoms with van der Waals surface area (Å²) < 4.78 is 0. The van der Waals surface area contributed by atoms with Gasteiger partial charge in [0.2, 0.25) is 0 Å². The van der Waals surface area contributed by atoms with E-state index in [1.807, 2.05) is 25.1 Å². The quantitative estimate of drug-likeness (QED) is 0.447. The number of allylic oxidation sites excluding steroid dienone is 1. The Morgan fingerprint density at radius 3 is 2.86 bits per heavy atom. The average Bonchev–Trinajstić information content (AvgIpc) is 2.25. The predicted octanol–water partition coefficient (Wildman–Crippen LogP) is 3.09. The van der Waals surface area contributed by atoms with Crippen molar-refractivity contribution in [3.05, 3.63) is 47.5 Å². The van der Waals surface area contributed by atoms with Gasteiger partial charge in [-0.25, -0.2) is 0 Å². The van der Waals surface area contributed by atoms with Crippen LogP contribution in [0.25, 0.3) is 0 Å². The maximum absolute atomic E-state index is 5.75. The molecule has 1 aromatic carbocycles. The van der Waals surface area contributed by atoms with E-state index in [0.717, 1.165) is 13.1 Å². The van der Waals surface area contributed by atoms with Gasteiger partial charge in [0.15, 0.2) is 0 Å². The molecule has 0 saturated carbocycles. The molecule has 0 unspecified atom stereocenters. The molecule has 1 rings (SSSR count). The van der Waals surface area contributed by atoms with Crippen molar-refractivity contribution in [1.29, 1.82) is 0 Å². The number of nitrogens with one attached hydrogen (secondary N) is 1. The number of benzene rings is 1. The second-order valence-electron chi connectivity index (χ2n) is 3.15. The monoisotopic (exact) mass is 209 g/mol. The summed E-state index contributed by atoms with van der Waals surface area (Å²) >= 11 is 5.75. The molecule has 1 nitrogen and oxygen atoms in total. The maximum atomic E-state index is 5.75. The Bertz CT molecular complexity index is 294. The number of hydrogen-bond donors (Lipinski definition) is 1. The van der Waals surface area contributed by atoms with Crippen LogP contribution in [0, 0.1) is 0 Å². The zero-order valence-corrected chi connectivity index (χ0v) is 9.22. The topological polar surface area (TPSA) is 12.0 Å². The van der Waals surface area contributed by atoms with E-state index in [9.17, 15) is 0 Å². The molecule has 0 spiro atoms. The molecule has 0 atom stereocenters. The van der Waals surface area contributed by atoms with Crippen LogP contribution < -0.4 is 5.32 Å². The molecule has 14 heavy (non-hydrogen) atoms. The second-order valence-corrected chi connectivity index (χ2v) is 3.42. The smallest absolute Gasteiger partial charge is 0.0474 e. The molecule has 0 aromatic heterocycles. The molecule has 1 N–H and O–H groups in total. The molecule has 0 amide bonds. The molecular formula is C12H16ClN. The fraction of sp³-hybridized carbons (Fsp3) is 0.333. The molecule has 0 saturated heterocycles. The van der Waals surface area contributed by atoms with E-state index in [1.165, 1.54) is 11.1 Å². The minimum absolute atomic E-state index is 0.586. The lowest BCUT2D eigenvalue weighted by molar-refractivity contribution is 0.758. The standard InChI is InChI=1S/C12H16ClN/c1-2-3-7-14-10-12-6-4-5-11(8-12)9-13/h2-6,8,14H,7,9-10H2,1H3/b3-2+. The highest BCUT2D eigenvalue weighted by molar-refractivity contribution is 6.17. The lowest BCUT2D eigenvalue weighted by atomic mass is 10.1. The zero-order valence-electron chi connectivity index (χ0n) is 8.46. The van der Waals surface area contributed by atoms with Gasteiger partial charge in [-0.1, -0.05) is 36.4 Å². The molecule has 2 heteroatoms. The predicted molar refractivity (Wildman–Crippen MR) is 62.5 cm³/mol. The van der Waals surface area contributed by atoms with Crippen molar-refractivity contribution < 1.29 is 0 Å². The summed E-state index contributed by atoms with van der Waals surface area (Å²) in [6.45, 7) is 3.84. The van der Waals surface area contributed by atoms with Crippen molar-refractivity contribution in [2.24, 2.45) is 0 Å². The van der Waals surface area contributed by atoms with Crippen LogP contribution in [0.4, 0.5) is 0 Å². The Hall–Kier alpha value is -0.790. The molecular weight excluding hydrogens is 194 g/mol. The third-order valence-electron chi connectivity index (χ3n) is 1.97. The van der Waals surface area contributed by atoms with Crippen LogP contribution in [0.15, 0.2) is 36.4 Å². The highest BCUT2D eigenvalue weighted by atomic mass is 35.5. The molecule has 0 bridgehead atoms. The summed E-state index contributed by atoms with van der Waals surface area (Å²) in [4.78, 5) is 0. The van der Waals surface area contributed by atoms with E-state index in [-0.39, 0.29) is 0 Å². The molecule has 1 aromatic rings. The van der Waals surface area contributed by atoms with Crippen LogP contribution in [0.1, 0.15) is 18.1 Å². The van der Waals surface area contributed by atoms with Crippen molar-refractivity contribution in [3.63, 3.8) is 0 Å². The second kappa shape index (κ2) is 6.63. The first-order chi connectivity index (χ1) is 6.86. The Morgan fingerprint density at radius 2 is 2.14 bits per heavy atom. The third-order valence-corrected chi connectivity index (χ3v) is 2.28. The van der Waals surface area contributed by atoms with Crippen LogP contribution in [0.5, 0.6) is 0 Å². The van der Waals surface area contributed by atoms with E-state index in [1.54, 1.807) is 0 Å². The summed E-state index contributed by atoms with van der Waals surface area (Å²) in [7, 11) is 0. The van der Waals surface area contributed by atoms with Gasteiger partial charge in [-0.05, 0) is 18.1 Å². The average molecular weight is 210 g/mol. The molecule has 0 radical (unpaired) electrons. The summed E-state index contributed by atoms with van der Waals surface area (Å²) in [5.74, 6) is 0.586. The third kappa shape index (κ3) is 3.95. The number of alkyl halides is 1. The van der Waals surface area contributed by atoms with Crippen molar-refractivity contribution >= 4 is 11.6 Å². The van der Waals surface area contributed by atoms with E-state index in [4.69, 9.17) is 11.6 Å². The highest BCUT2D eigenvalue weighted by Gasteiger charge is 1.93. The highest BCUT2D eigenvalue weighted by Crippen LogP contribution is 2.07. The first kappa shape index (κ1) is 11.3. The molecule has 0 fully saturated rings. The van der Waals surface area contributed by atoms with Gasteiger partial charge < -0.3 is 5.32 Å². The number of halogens is 1. The van der Waals surface area contributed by atoms with Gasteiger partial charge in [0, 0.05) is 19.0 Å². The van der Waals surface area contributed by atoms with E-state index >= 15 is 0 Å². The lowest BCUT2D eigenvalue weighted by Gasteiger charge is -2.03.